The molecule has 7 nitrogen and oxygen atoms in total. The van der Waals surface area contributed by atoms with Crippen LogP contribution in [0.2, 0.25) is 0 Å². The van der Waals surface area contributed by atoms with E-state index >= 15 is 0 Å². The van der Waals surface area contributed by atoms with Crippen molar-refractivity contribution in [1.82, 2.24) is 19.5 Å². The zero-order chi connectivity index (χ0) is 18.6. The third-order valence-corrected chi connectivity index (χ3v) is 4.98. The molecule has 27 heavy (non-hydrogen) atoms. The Morgan fingerprint density at radius 2 is 1.93 bits per heavy atom. The van der Waals surface area contributed by atoms with Gasteiger partial charge in [0.2, 0.25) is 0 Å². The molecule has 1 atom stereocenters. The minimum Gasteiger partial charge on any atom is -0.497 e. The molecule has 1 aromatic carbocycles. The molecule has 1 unspecified atom stereocenters. The van der Waals surface area contributed by atoms with E-state index in [2.05, 4.69) is 20.3 Å². The summed E-state index contributed by atoms with van der Waals surface area (Å²) in [7, 11) is 1.67. The van der Waals surface area contributed by atoms with Gasteiger partial charge in [0.25, 0.3) is 0 Å². The average Bonchev–Trinajstić information content (AvgIpc) is 3.39. The summed E-state index contributed by atoms with van der Waals surface area (Å²) in [5.41, 5.74) is 1.79. The Morgan fingerprint density at radius 3 is 2.63 bits per heavy atom. The van der Waals surface area contributed by atoms with Gasteiger partial charge in [0.15, 0.2) is 23.6 Å². The van der Waals surface area contributed by atoms with Crippen LogP contribution in [0.25, 0.3) is 11.5 Å². The highest BCUT2D eigenvalue weighted by Gasteiger charge is 2.27. The Bertz CT molecular complexity index is 842. The number of aromatic nitrogens is 4. The lowest BCUT2D eigenvalue weighted by molar-refractivity contribution is -0.0260. The van der Waals surface area contributed by atoms with Crippen molar-refractivity contribution in [2.24, 2.45) is 0 Å². The van der Waals surface area contributed by atoms with Crippen molar-refractivity contribution in [3.05, 3.63) is 42.5 Å². The highest BCUT2D eigenvalue weighted by atomic mass is 16.5. The summed E-state index contributed by atoms with van der Waals surface area (Å²) in [4.78, 5) is 13.5. The summed E-state index contributed by atoms with van der Waals surface area (Å²) in [5.74, 6) is 2.33. The van der Waals surface area contributed by atoms with E-state index in [1.807, 2.05) is 35.8 Å². The normalized spacial score (nSPS) is 15.9. The highest BCUT2D eigenvalue weighted by molar-refractivity contribution is 5.67. The fraction of sp³-hybridized carbons (Fsp3) is 0.450. The Kier molecular flexibility index (Phi) is 5.20. The molecule has 1 aromatic rings. The Labute approximate surface area is 159 Å². The van der Waals surface area contributed by atoms with Crippen LogP contribution in [-0.4, -0.2) is 39.3 Å². The Balaban J connectivity index is 1.74. The topological polar surface area (TPSA) is 74.1 Å². The Morgan fingerprint density at radius 1 is 1.15 bits per heavy atom. The lowest BCUT2D eigenvalue weighted by Crippen LogP contribution is -2.23. The second kappa shape index (κ2) is 7.92. The largest absolute Gasteiger partial charge is 0.497 e. The van der Waals surface area contributed by atoms with Gasteiger partial charge in [0, 0.05) is 12.1 Å². The van der Waals surface area contributed by atoms with Gasteiger partial charge >= 0.3 is 0 Å². The van der Waals surface area contributed by atoms with E-state index < -0.39 is 0 Å². The maximum Gasteiger partial charge on any atom is 0.167 e. The standard InChI is InChI=1S/C20H25N5O2/c1-3-21-18-17-19(23-12-22-17)25(13-24-18)20(27-16-6-4-5-7-16)14-8-10-15(26-2)11-9-14/h8-13,16,20-21H,3-7H2,1-2H3. The second-order valence-electron chi connectivity index (χ2n) is 6.74. The van der Waals surface area contributed by atoms with E-state index in [0.29, 0.717) is 0 Å². The minimum atomic E-state index is -0.304. The molecule has 2 aliphatic heterocycles. The van der Waals surface area contributed by atoms with Crippen molar-refractivity contribution in [2.45, 2.75) is 44.9 Å². The molecule has 3 aliphatic rings. The average molecular weight is 367 g/mol. The quantitative estimate of drug-likeness (QED) is 0.686. The fourth-order valence-electron chi connectivity index (χ4n) is 3.60. The van der Waals surface area contributed by atoms with Crippen LogP contribution in [0.5, 0.6) is 5.75 Å². The van der Waals surface area contributed by atoms with Gasteiger partial charge in [-0.2, -0.15) is 0 Å². The van der Waals surface area contributed by atoms with E-state index in [9.17, 15) is 0 Å². The molecule has 1 aliphatic carbocycles. The first-order chi connectivity index (χ1) is 13.3. The summed E-state index contributed by atoms with van der Waals surface area (Å²) in [6.45, 7) is 2.81. The maximum absolute atomic E-state index is 6.53. The summed E-state index contributed by atoms with van der Waals surface area (Å²) >= 11 is 0. The molecule has 4 rings (SSSR count). The van der Waals surface area contributed by atoms with Crippen molar-refractivity contribution in [1.29, 1.82) is 0 Å². The maximum atomic E-state index is 6.53. The summed E-state index contributed by atoms with van der Waals surface area (Å²) < 4.78 is 13.8. The number of imidazole rings is 1. The number of methoxy groups -OCH3 is 1. The molecule has 0 bridgehead atoms. The van der Waals surface area contributed by atoms with Gasteiger partial charge in [-0.1, -0.05) is 25.0 Å². The van der Waals surface area contributed by atoms with Gasteiger partial charge < -0.3 is 14.8 Å². The fourth-order valence-corrected chi connectivity index (χ4v) is 3.60. The zero-order valence-electron chi connectivity index (χ0n) is 15.8. The number of ether oxygens (including phenoxy) is 2. The zero-order valence-corrected chi connectivity index (χ0v) is 15.8. The van der Waals surface area contributed by atoms with Crippen molar-refractivity contribution >= 4 is 5.82 Å². The predicted octanol–water partition coefficient (Wildman–Crippen LogP) is 3.72. The predicted molar refractivity (Wildman–Crippen MR) is 103 cm³/mol. The minimum absolute atomic E-state index is 0.246. The summed E-state index contributed by atoms with van der Waals surface area (Å²) in [6.07, 6.45) is 7.92. The van der Waals surface area contributed by atoms with Gasteiger partial charge in [0.1, 0.15) is 18.4 Å². The lowest BCUT2D eigenvalue weighted by Gasteiger charge is -2.26. The number of hydrogen-bond acceptors (Lipinski definition) is 6. The van der Waals surface area contributed by atoms with E-state index in [-0.39, 0.29) is 12.3 Å². The van der Waals surface area contributed by atoms with Crippen LogP contribution >= 0.6 is 0 Å². The third-order valence-electron chi connectivity index (χ3n) is 4.98. The van der Waals surface area contributed by atoms with E-state index in [1.165, 1.54) is 12.8 Å². The van der Waals surface area contributed by atoms with Crippen LogP contribution in [0.3, 0.4) is 0 Å². The molecular weight excluding hydrogens is 342 g/mol. The van der Waals surface area contributed by atoms with Crippen LogP contribution in [0, 0.1) is 0 Å². The molecule has 0 radical (unpaired) electrons. The molecular formula is C20H25N5O2. The molecule has 1 fully saturated rings. The molecule has 1 N–H and O–H groups in total. The molecule has 0 aromatic heterocycles. The van der Waals surface area contributed by atoms with Crippen molar-refractivity contribution < 1.29 is 9.47 Å². The highest BCUT2D eigenvalue weighted by Crippen LogP contribution is 2.34. The summed E-state index contributed by atoms with van der Waals surface area (Å²) in [6, 6.07) is 7.97. The van der Waals surface area contributed by atoms with Gasteiger partial charge in [-0.05, 0) is 31.9 Å². The van der Waals surface area contributed by atoms with E-state index in [4.69, 9.17) is 9.47 Å². The van der Waals surface area contributed by atoms with Crippen LogP contribution in [0.1, 0.15) is 44.4 Å². The lowest BCUT2D eigenvalue weighted by atomic mass is 10.1. The first kappa shape index (κ1) is 17.7. The van der Waals surface area contributed by atoms with Crippen LogP contribution in [0.15, 0.2) is 36.9 Å². The van der Waals surface area contributed by atoms with Crippen molar-refractivity contribution in [3.8, 4) is 17.3 Å². The van der Waals surface area contributed by atoms with Crippen LogP contribution in [-0.2, 0) is 4.74 Å². The first-order valence-electron chi connectivity index (χ1n) is 9.51. The number of nitrogens with zero attached hydrogens (tertiary/aromatic N) is 4. The molecule has 0 amide bonds. The molecule has 7 heteroatoms. The Hall–Kier alpha value is -2.67. The number of hydrogen-bond donors (Lipinski definition) is 1. The van der Waals surface area contributed by atoms with E-state index in [0.717, 1.165) is 48.0 Å². The molecule has 0 saturated heterocycles. The van der Waals surface area contributed by atoms with Crippen molar-refractivity contribution in [3.63, 3.8) is 0 Å². The molecule has 1 saturated carbocycles. The molecule has 0 spiro atoms. The third kappa shape index (κ3) is 3.60. The van der Waals surface area contributed by atoms with Crippen LogP contribution in [0.4, 0.5) is 5.82 Å². The second-order valence-corrected chi connectivity index (χ2v) is 6.74. The van der Waals surface area contributed by atoms with Gasteiger partial charge in [-0.15, -0.1) is 0 Å². The number of nitrogens with one attached hydrogen (secondary N) is 1. The smallest absolute Gasteiger partial charge is 0.167 e. The first-order valence-corrected chi connectivity index (χ1v) is 9.51. The summed E-state index contributed by atoms with van der Waals surface area (Å²) in [5, 5.41) is 3.25. The van der Waals surface area contributed by atoms with Crippen LogP contribution < -0.4 is 10.1 Å². The van der Waals surface area contributed by atoms with Gasteiger partial charge in [0.05, 0.1) is 13.2 Å². The monoisotopic (exact) mass is 367 g/mol. The number of rotatable bonds is 7. The molecule has 142 valence electrons. The van der Waals surface area contributed by atoms with Crippen molar-refractivity contribution in [2.75, 3.05) is 19.0 Å². The number of fused-ring (bicyclic) bond motifs is 1. The number of anilines is 1. The SMILES string of the molecule is CCNc1ncn(C(OC2CCCC2)c2ccc(OC)cc2)c2ncnc1-2. The van der Waals surface area contributed by atoms with E-state index in [1.54, 1.807) is 19.8 Å². The van der Waals surface area contributed by atoms with Gasteiger partial charge in [-0.3, -0.25) is 4.57 Å². The van der Waals surface area contributed by atoms with Gasteiger partial charge in [-0.25, -0.2) is 15.0 Å². The number of benzene rings is 1. The molecule has 2 heterocycles.